The molecule has 0 spiro atoms. The van der Waals surface area contributed by atoms with E-state index < -0.39 is 11.8 Å². The first-order valence-corrected chi connectivity index (χ1v) is 14.2. The van der Waals surface area contributed by atoms with Gasteiger partial charge in [0.25, 0.3) is 0 Å². The van der Waals surface area contributed by atoms with E-state index in [0.29, 0.717) is 65.8 Å². The number of amides is 1. The van der Waals surface area contributed by atoms with Gasteiger partial charge in [-0.1, -0.05) is 23.2 Å². The molecule has 2 fully saturated rings. The number of ether oxygens (including phenoxy) is 2. The number of nitrogens with zero attached hydrogens (tertiary/aromatic N) is 5. The van der Waals surface area contributed by atoms with Crippen molar-refractivity contribution in [3.05, 3.63) is 58.3 Å². The zero-order chi connectivity index (χ0) is 28.8. The van der Waals surface area contributed by atoms with Crippen molar-refractivity contribution in [3.8, 4) is 22.9 Å². The minimum absolute atomic E-state index is 0.0735. The number of benzene rings is 1. The van der Waals surface area contributed by atoms with E-state index in [1.807, 2.05) is 12.1 Å². The van der Waals surface area contributed by atoms with Gasteiger partial charge >= 0.3 is 6.09 Å². The maximum absolute atomic E-state index is 15.2. The largest absolute Gasteiger partial charge is 0.453 e. The van der Waals surface area contributed by atoms with Gasteiger partial charge in [-0.2, -0.15) is 0 Å². The van der Waals surface area contributed by atoms with E-state index in [0.717, 1.165) is 37.3 Å². The number of carbonyl (C=O) groups excluding carboxylic acids is 1. The van der Waals surface area contributed by atoms with Gasteiger partial charge < -0.3 is 25.0 Å². The van der Waals surface area contributed by atoms with Crippen LogP contribution in [0.3, 0.4) is 0 Å². The number of methoxy groups -OCH3 is 1. The van der Waals surface area contributed by atoms with Crippen molar-refractivity contribution in [2.24, 2.45) is 0 Å². The highest BCUT2D eigenvalue weighted by Crippen LogP contribution is 2.32. The molecule has 2 aliphatic heterocycles. The quantitative estimate of drug-likeness (QED) is 0.379. The fourth-order valence-corrected chi connectivity index (χ4v) is 5.44. The molecule has 10 nitrogen and oxygen atoms in total. The number of hydrogen-bond donors (Lipinski definition) is 2. The number of hydrogen-bond acceptors (Lipinski definition) is 9. The molecule has 0 unspecified atom stereocenters. The number of halogens is 3. The van der Waals surface area contributed by atoms with Crippen LogP contribution in [-0.2, 0) is 11.3 Å². The molecule has 1 amide bonds. The highest BCUT2D eigenvalue weighted by atomic mass is 35.5. The lowest BCUT2D eigenvalue weighted by Gasteiger charge is -2.36. The number of alkyl halides is 1. The summed E-state index contributed by atoms with van der Waals surface area (Å²) in [6.07, 6.45) is 3.23. The molecule has 41 heavy (non-hydrogen) atoms. The number of alkyl carbamates (subject to hydrolysis) is 1. The molecular formula is C28H32Cl2FN7O3. The van der Waals surface area contributed by atoms with Crippen molar-refractivity contribution < 1.29 is 18.7 Å². The normalized spacial score (nSPS) is 17.2. The first-order chi connectivity index (χ1) is 19.8. The molecule has 2 saturated heterocycles. The standard InChI is InChI=1S/C28H32Cl2FN7O3/c1-40-27(39)35-18-28(31)2-6-37(7-3-28)17-19-10-24(20-12-21(29)14-22(30)13-20)36-25(11-19)41-23-15-33-26(34-16-23)38-8-4-32-5-9-38/h10-16,32H,2-9,17-18H2,1H3,(H,35,39). The Labute approximate surface area is 248 Å². The molecule has 2 N–H and O–H groups in total. The van der Waals surface area contributed by atoms with Crippen molar-refractivity contribution in [1.29, 1.82) is 0 Å². The zero-order valence-electron chi connectivity index (χ0n) is 22.7. The lowest BCUT2D eigenvalue weighted by atomic mass is 9.93. The van der Waals surface area contributed by atoms with Gasteiger partial charge in [0.2, 0.25) is 11.8 Å². The lowest BCUT2D eigenvalue weighted by molar-refractivity contribution is 0.0536. The van der Waals surface area contributed by atoms with Crippen LogP contribution in [0, 0.1) is 0 Å². The van der Waals surface area contributed by atoms with Crippen molar-refractivity contribution in [2.75, 3.05) is 57.8 Å². The van der Waals surface area contributed by atoms with Gasteiger partial charge in [-0.15, -0.1) is 0 Å². The van der Waals surface area contributed by atoms with Crippen LogP contribution in [-0.4, -0.2) is 84.5 Å². The Kier molecular flexibility index (Phi) is 9.39. The molecular weight excluding hydrogens is 572 g/mol. The second-order valence-electron chi connectivity index (χ2n) is 10.2. The predicted molar refractivity (Wildman–Crippen MR) is 156 cm³/mol. The Hall–Kier alpha value is -3.25. The maximum Gasteiger partial charge on any atom is 0.406 e. The third-order valence-electron chi connectivity index (χ3n) is 7.15. The monoisotopic (exact) mass is 603 g/mol. The fourth-order valence-electron chi connectivity index (χ4n) is 4.91. The average Bonchev–Trinajstić information content (AvgIpc) is 2.97. The molecule has 0 atom stereocenters. The van der Waals surface area contributed by atoms with Crippen LogP contribution in [0.4, 0.5) is 15.1 Å². The molecule has 218 valence electrons. The third kappa shape index (κ3) is 7.94. The minimum atomic E-state index is -1.48. The molecule has 13 heteroatoms. The Bertz CT molecular complexity index is 1330. The van der Waals surface area contributed by atoms with Gasteiger partial charge in [-0.05, 0) is 42.7 Å². The van der Waals surface area contributed by atoms with Crippen LogP contribution >= 0.6 is 23.2 Å². The van der Waals surface area contributed by atoms with E-state index in [4.69, 9.17) is 32.9 Å². The van der Waals surface area contributed by atoms with Crippen molar-refractivity contribution in [3.63, 3.8) is 0 Å². The number of piperidine rings is 1. The summed E-state index contributed by atoms with van der Waals surface area (Å²) in [5.74, 6) is 1.48. The molecule has 4 heterocycles. The summed E-state index contributed by atoms with van der Waals surface area (Å²) >= 11 is 12.6. The first-order valence-electron chi connectivity index (χ1n) is 13.4. The molecule has 0 saturated carbocycles. The number of piperazine rings is 1. The Morgan fingerprint density at radius 1 is 1.05 bits per heavy atom. The van der Waals surface area contributed by atoms with Gasteiger partial charge in [0.05, 0.1) is 31.7 Å². The van der Waals surface area contributed by atoms with E-state index in [2.05, 4.69) is 35.1 Å². The molecule has 0 radical (unpaired) electrons. The van der Waals surface area contributed by atoms with Crippen LogP contribution in [0.2, 0.25) is 10.0 Å². The van der Waals surface area contributed by atoms with E-state index in [9.17, 15) is 4.79 Å². The van der Waals surface area contributed by atoms with Crippen molar-refractivity contribution >= 4 is 35.2 Å². The summed E-state index contributed by atoms with van der Waals surface area (Å²) < 4.78 is 25.9. The number of aromatic nitrogens is 3. The molecule has 0 aliphatic carbocycles. The molecule has 2 aliphatic rings. The second-order valence-corrected chi connectivity index (χ2v) is 11.1. The minimum Gasteiger partial charge on any atom is -0.453 e. The van der Waals surface area contributed by atoms with Crippen LogP contribution < -0.4 is 20.3 Å². The van der Waals surface area contributed by atoms with Crippen LogP contribution in [0.5, 0.6) is 11.6 Å². The summed E-state index contributed by atoms with van der Waals surface area (Å²) in [4.78, 5) is 29.4. The third-order valence-corrected chi connectivity index (χ3v) is 7.59. The molecule has 1 aromatic carbocycles. The second kappa shape index (κ2) is 13.2. The fraction of sp³-hybridized carbons (Fsp3) is 0.429. The summed E-state index contributed by atoms with van der Waals surface area (Å²) in [5, 5.41) is 6.78. The highest BCUT2D eigenvalue weighted by Gasteiger charge is 2.35. The molecule has 3 aromatic rings. The predicted octanol–water partition coefficient (Wildman–Crippen LogP) is 4.71. The Balaban J connectivity index is 1.33. The van der Waals surface area contributed by atoms with E-state index in [1.165, 1.54) is 7.11 Å². The lowest BCUT2D eigenvalue weighted by Crippen LogP contribution is -2.48. The highest BCUT2D eigenvalue weighted by molar-refractivity contribution is 6.35. The van der Waals surface area contributed by atoms with E-state index in [1.54, 1.807) is 30.6 Å². The SMILES string of the molecule is COC(=O)NCC1(F)CCN(Cc2cc(Oc3cnc(N4CCNCC4)nc3)nc(-c3cc(Cl)cc(Cl)c3)c2)CC1. The molecule has 5 rings (SSSR count). The summed E-state index contributed by atoms with van der Waals surface area (Å²) in [6.45, 7) is 5.00. The van der Waals surface area contributed by atoms with Gasteiger partial charge in [-0.3, -0.25) is 4.90 Å². The Morgan fingerprint density at radius 2 is 1.73 bits per heavy atom. The number of anilines is 1. The number of likely N-dealkylation sites (tertiary alicyclic amines) is 1. The molecule has 0 bridgehead atoms. The number of rotatable bonds is 8. The number of nitrogens with one attached hydrogen (secondary N) is 2. The summed E-state index contributed by atoms with van der Waals surface area (Å²) in [6, 6.07) is 9.06. The van der Waals surface area contributed by atoms with E-state index >= 15 is 4.39 Å². The topological polar surface area (TPSA) is 105 Å². The molecule has 2 aromatic heterocycles. The van der Waals surface area contributed by atoms with Crippen LogP contribution in [0.15, 0.2) is 42.7 Å². The van der Waals surface area contributed by atoms with Crippen molar-refractivity contribution in [1.82, 2.24) is 30.5 Å². The van der Waals surface area contributed by atoms with Crippen molar-refractivity contribution in [2.45, 2.75) is 25.1 Å². The van der Waals surface area contributed by atoms with Crippen LogP contribution in [0.1, 0.15) is 18.4 Å². The number of pyridine rings is 1. The van der Waals surface area contributed by atoms with E-state index in [-0.39, 0.29) is 6.54 Å². The van der Waals surface area contributed by atoms with Crippen LogP contribution in [0.25, 0.3) is 11.3 Å². The number of carbonyl (C=O) groups is 1. The van der Waals surface area contributed by atoms with Gasteiger partial charge in [-0.25, -0.2) is 24.1 Å². The average molecular weight is 605 g/mol. The van der Waals surface area contributed by atoms with Gasteiger partial charge in [0.15, 0.2) is 5.75 Å². The van der Waals surface area contributed by atoms with Gasteiger partial charge in [0, 0.05) is 67.5 Å². The zero-order valence-corrected chi connectivity index (χ0v) is 24.2. The smallest absolute Gasteiger partial charge is 0.406 e. The summed E-state index contributed by atoms with van der Waals surface area (Å²) in [5.41, 5.74) is 0.837. The Morgan fingerprint density at radius 3 is 2.39 bits per heavy atom. The van der Waals surface area contributed by atoms with Gasteiger partial charge in [0.1, 0.15) is 5.67 Å². The first kappa shape index (κ1) is 29.2. The maximum atomic E-state index is 15.2. The summed E-state index contributed by atoms with van der Waals surface area (Å²) in [7, 11) is 1.26.